The van der Waals surface area contributed by atoms with Gasteiger partial charge in [0.1, 0.15) is 11.9 Å². The molecule has 136 valence electrons. The van der Waals surface area contributed by atoms with Gasteiger partial charge in [-0.1, -0.05) is 42.5 Å². The second kappa shape index (κ2) is 6.31. The van der Waals surface area contributed by atoms with E-state index < -0.39 is 0 Å². The van der Waals surface area contributed by atoms with E-state index in [9.17, 15) is 4.79 Å². The van der Waals surface area contributed by atoms with Gasteiger partial charge >= 0.3 is 0 Å². The summed E-state index contributed by atoms with van der Waals surface area (Å²) >= 11 is 0. The molecule has 1 heterocycles. The molecular weight excluding hydrogens is 336 g/mol. The van der Waals surface area contributed by atoms with E-state index in [0.717, 1.165) is 46.2 Å². The Hall–Kier alpha value is -3.01. The SMILES string of the molecule is CCOc1ccc2ccccc2c1C1Nc2ccccc2C(=O)N1C1CC1. The third-order valence-corrected chi connectivity index (χ3v) is 5.41. The first kappa shape index (κ1) is 16.2. The third kappa shape index (κ3) is 2.64. The van der Waals surface area contributed by atoms with E-state index in [0.29, 0.717) is 6.61 Å². The molecule has 0 bridgehead atoms. The Morgan fingerprint density at radius 3 is 2.63 bits per heavy atom. The van der Waals surface area contributed by atoms with Gasteiger partial charge in [0.2, 0.25) is 0 Å². The summed E-state index contributed by atoms with van der Waals surface area (Å²) in [5.41, 5.74) is 2.68. The van der Waals surface area contributed by atoms with Crippen LogP contribution < -0.4 is 10.1 Å². The van der Waals surface area contributed by atoms with Crippen molar-refractivity contribution in [3.63, 3.8) is 0 Å². The molecule has 1 atom stereocenters. The van der Waals surface area contributed by atoms with Crippen molar-refractivity contribution < 1.29 is 9.53 Å². The lowest BCUT2D eigenvalue weighted by Gasteiger charge is -2.39. The molecule has 1 fully saturated rings. The maximum atomic E-state index is 13.3. The highest BCUT2D eigenvalue weighted by Gasteiger charge is 2.43. The molecule has 1 N–H and O–H groups in total. The van der Waals surface area contributed by atoms with Crippen molar-refractivity contribution in [2.75, 3.05) is 11.9 Å². The zero-order chi connectivity index (χ0) is 18.4. The van der Waals surface area contributed by atoms with Gasteiger partial charge < -0.3 is 15.0 Å². The number of hydrogen-bond donors (Lipinski definition) is 1. The Morgan fingerprint density at radius 2 is 1.81 bits per heavy atom. The maximum Gasteiger partial charge on any atom is 0.258 e. The lowest BCUT2D eigenvalue weighted by molar-refractivity contribution is 0.0665. The Bertz CT molecular complexity index is 1030. The van der Waals surface area contributed by atoms with Crippen molar-refractivity contribution in [3.05, 3.63) is 71.8 Å². The molecule has 1 aliphatic heterocycles. The van der Waals surface area contributed by atoms with E-state index in [1.807, 2.05) is 54.3 Å². The first-order valence-electron chi connectivity index (χ1n) is 9.60. The minimum absolute atomic E-state index is 0.104. The number of carbonyl (C=O) groups is 1. The topological polar surface area (TPSA) is 41.6 Å². The molecule has 0 aromatic heterocycles. The summed E-state index contributed by atoms with van der Waals surface area (Å²) in [6, 6.07) is 20.5. The molecule has 0 saturated heterocycles. The molecule has 1 amide bonds. The van der Waals surface area contributed by atoms with Gasteiger partial charge in [-0.15, -0.1) is 0 Å². The Morgan fingerprint density at radius 1 is 1.04 bits per heavy atom. The zero-order valence-corrected chi connectivity index (χ0v) is 15.3. The average molecular weight is 358 g/mol. The number of carbonyl (C=O) groups excluding carboxylic acids is 1. The highest BCUT2D eigenvalue weighted by atomic mass is 16.5. The fourth-order valence-electron chi connectivity index (χ4n) is 4.05. The largest absolute Gasteiger partial charge is 0.493 e. The molecular formula is C23H22N2O2. The van der Waals surface area contributed by atoms with E-state index in [-0.39, 0.29) is 18.1 Å². The van der Waals surface area contributed by atoms with Crippen molar-refractivity contribution in [2.24, 2.45) is 0 Å². The van der Waals surface area contributed by atoms with Crippen LogP contribution in [-0.4, -0.2) is 23.5 Å². The molecule has 3 aromatic carbocycles. The maximum absolute atomic E-state index is 13.3. The van der Waals surface area contributed by atoms with E-state index in [4.69, 9.17) is 4.74 Å². The predicted molar refractivity (Wildman–Crippen MR) is 107 cm³/mol. The number of fused-ring (bicyclic) bond motifs is 2. The summed E-state index contributed by atoms with van der Waals surface area (Å²) in [6.07, 6.45) is 1.88. The van der Waals surface area contributed by atoms with Crippen LogP contribution in [0.15, 0.2) is 60.7 Å². The number of rotatable bonds is 4. The number of nitrogens with one attached hydrogen (secondary N) is 1. The number of benzene rings is 3. The molecule has 1 saturated carbocycles. The lowest BCUT2D eigenvalue weighted by atomic mass is 9.97. The summed E-state index contributed by atoms with van der Waals surface area (Å²) in [5.74, 6) is 0.943. The van der Waals surface area contributed by atoms with Crippen molar-refractivity contribution in [2.45, 2.75) is 32.0 Å². The van der Waals surface area contributed by atoms with Crippen molar-refractivity contribution >= 4 is 22.4 Å². The van der Waals surface area contributed by atoms with Crippen molar-refractivity contribution in [1.29, 1.82) is 0 Å². The van der Waals surface area contributed by atoms with Crippen LogP contribution in [0.2, 0.25) is 0 Å². The number of anilines is 1. The quantitative estimate of drug-likeness (QED) is 0.716. The van der Waals surface area contributed by atoms with Gasteiger partial charge in [0.05, 0.1) is 12.2 Å². The normalized spacial score (nSPS) is 18.9. The van der Waals surface area contributed by atoms with E-state index in [1.165, 1.54) is 0 Å². The molecule has 0 radical (unpaired) electrons. The van der Waals surface area contributed by atoms with Crippen LogP contribution in [0.3, 0.4) is 0 Å². The smallest absolute Gasteiger partial charge is 0.258 e. The third-order valence-electron chi connectivity index (χ3n) is 5.41. The van der Waals surface area contributed by atoms with E-state index in [1.54, 1.807) is 0 Å². The number of ether oxygens (including phenoxy) is 1. The lowest BCUT2D eigenvalue weighted by Crippen LogP contribution is -2.44. The summed E-state index contributed by atoms with van der Waals surface area (Å²) in [7, 11) is 0. The fourth-order valence-corrected chi connectivity index (χ4v) is 4.05. The van der Waals surface area contributed by atoms with Crippen LogP contribution in [0.4, 0.5) is 5.69 Å². The molecule has 0 spiro atoms. The van der Waals surface area contributed by atoms with Gasteiger partial charge in [-0.2, -0.15) is 0 Å². The Kier molecular flexibility index (Phi) is 3.78. The fraction of sp³-hybridized carbons (Fsp3) is 0.261. The molecule has 1 unspecified atom stereocenters. The monoisotopic (exact) mass is 358 g/mol. The summed E-state index contributed by atoms with van der Waals surface area (Å²) in [6.45, 7) is 2.58. The van der Waals surface area contributed by atoms with Crippen LogP contribution in [0, 0.1) is 0 Å². The van der Waals surface area contributed by atoms with Crippen LogP contribution in [-0.2, 0) is 0 Å². The molecule has 4 nitrogen and oxygen atoms in total. The summed E-state index contributed by atoms with van der Waals surface area (Å²) < 4.78 is 5.99. The second-order valence-corrected chi connectivity index (χ2v) is 7.17. The standard InChI is InChI=1S/C23H22N2O2/c1-2-27-20-14-11-15-7-3-4-8-17(15)21(20)22-24-19-10-6-5-9-18(19)23(26)25(22)16-12-13-16/h3-11,14,16,22,24H,2,12-13H2,1H3. The molecule has 4 heteroatoms. The molecule has 1 aliphatic carbocycles. The van der Waals surface area contributed by atoms with E-state index in [2.05, 4.69) is 23.5 Å². The van der Waals surface area contributed by atoms with Gasteiger partial charge in [-0.05, 0) is 48.7 Å². The van der Waals surface area contributed by atoms with Crippen LogP contribution in [0.25, 0.3) is 10.8 Å². The van der Waals surface area contributed by atoms with Crippen molar-refractivity contribution in [3.8, 4) is 5.75 Å². The number of amides is 1. The van der Waals surface area contributed by atoms with Crippen LogP contribution in [0.1, 0.15) is 41.9 Å². The number of nitrogens with zero attached hydrogens (tertiary/aromatic N) is 1. The van der Waals surface area contributed by atoms with E-state index >= 15 is 0 Å². The van der Waals surface area contributed by atoms with Crippen LogP contribution in [0.5, 0.6) is 5.75 Å². The summed E-state index contributed by atoms with van der Waals surface area (Å²) in [5, 5.41) is 5.91. The number of para-hydroxylation sites is 1. The van der Waals surface area contributed by atoms with Crippen LogP contribution >= 0.6 is 0 Å². The number of hydrogen-bond acceptors (Lipinski definition) is 3. The molecule has 5 rings (SSSR count). The van der Waals surface area contributed by atoms with Gasteiger partial charge in [-0.3, -0.25) is 4.79 Å². The Labute approximate surface area is 158 Å². The summed E-state index contributed by atoms with van der Waals surface area (Å²) in [4.78, 5) is 15.4. The molecule has 2 aliphatic rings. The van der Waals surface area contributed by atoms with Gasteiger partial charge in [0.25, 0.3) is 5.91 Å². The molecule has 27 heavy (non-hydrogen) atoms. The predicted octanol–water partition coefficient (Wildman–Crippen LogP) is 4.97. The first-order valence-corrected chi connectivity index (χ1v) is 9.60. The Balaban J connectivity index is 1.73. The minimum Gasteiger partial charge on any atom is -0.493 e. The van der Waals surface area contributed by atoms with Gasteiger partial charge in [-0.25, -0.2) is 0 Å². The zero-order valence-electron chi connectivity index (χ0n) is 15.3. The highest BCUT2D eigenvalue weighted by molar-refractivity contribution is 6.03. The van der Waals surface area contributed by atoms with Gasteiger partial charge in [0.15, 0.2) is 0 Å². The average Bonchev–Trinajstić information content (AvgIpc) is 3.53. The second-order valence-electron chi connectivity index (χ2n) is 7.17. The van der Waals surface area contributed by atoms with Crippen molar-refractivity contribution in [1.82, 2.24) is 4.90 Å². The molecule has 3 aromatic rings. The first-order chi connectivity index (χ1) is 13.3. The minimum atomic E-state index is -0.229. The van der Waals surface area contributed by atoms with Gasteiger partial charge in [0, 0.05) is 17.3 Å². The highest BCUT2D eigenvalue weighted by Crippen LogP contribution is 2.45.